The first-order chi connectivity index (χ1) is 21.8. The van der Waals surface area contributed by atoms with Gasteiger partial charge in [0.25, 0.3) is 5.91 Å². The number of hydrogen-bond acceptors (Lipinski definition) is 6. The summed E-state index contributed by atoms with van der Waals surface area (Å²) in [6, 6.07) is 16.9. The first-order valence-electron chi connectivity index (χ1n) is 16.7. The van der Waals surface area contributed by atoms with Gasteiger partial charge in [0.1, 0.15) is 5.75 Å². The number of amides is 2. The summed E-state index contributed by atoms with van der Waals surface area (Å²) in [5.74, 6) is 0.964. The molecule has 9 nitrogen and oxygen atoms in total. The average Bonchev–Trinajstić information content (AvgIpc) is 3.40. The zero-order valence-corrected chi connectivity index (χ0v) is 27.9. The van der Waals surface area contributed by atoms with Crippen molar-refractivity contribution in [1.29, 1.82) is 0 Å². The number of halogens is 1. The van der Waals surface area contributed by atoms with Crippen LogP contribution in [0.5, 0.6) is 5.75 Å². The molecule has 0 radical (unpaired) electrons. The van der Waals surface area contributed by atoms with E-state index in [2.05, 4.69) is 55.6 Å². The minimum Gasteiger partial charge on any atom is -0.478 e. The highest BCUT2D eigenvalue weighted by atomic mass is 35.5. The van der Waals surface area contributed by atoms with E-state index in [0.717, 1.165) is 93.6 Å². The SMILES string of the molecule is CC(C)(Oc1cccc(N2CCC[C@@H](C(=O)N(Cc3ccc(-c4cn[nH]c4)cc3)C3CC3)C2)c1)C(=O)N1CCC2(CCNC2)C1.Cl. The summed E-state index contributed by atoms with van der Waals surface area (Å²) in [4.78, 5) is 34.0. The number of aromatic nitrogens is 2. The van der Waals surface area contributed by atoms with Gasteiger partial charge in [0.05, 0.1) is 12.1 Å². The van der Waals surface area contributed by atoms with E-state index in [-0.39, 0.29) is 35.6 Å². The molecule has 0 bridgehead atoms. The maximum atomic E-state index is 14.0. The molecule has 4 aliphatic rings. The highest BCUT2D eigenvalue weighted by molar-refractivity contribution is 5.86. The Morgan fingerprint density at radius 1 is 1.07 bits per heavy atom. The number of ether oxygens (including phenoxy) is 1. The van der Waals surface area contributed by atoms with Crippen LogP contribution in [0, 0.1) is 11.3 Å². The van der Waals surface area contributed by atoms with E-state index < -0.39 is 5.60 Å². The molecule has 1 saturated carbocycles. The van der Waals surface area contributed by atoms with Gasteiger partial charge in [-0.25, -0.2) is 0 Å². The molecule has 1 aliphatic carbocycles. The van der Waals surface area contributed by atoms with Crippen LogP contribution >= 0.6 is 12.4 Å². The Balaban J connectivity index is 0.00000372. The molecule has 10 heteroatoms. The summed E-state index contributed by atoms with van der Waals surface area (Å²) in [7, 11) is 0. The van der Waals surface area contributed by atoms with Gasteiger partial charge in [-0.05, 0) is 82.2 Å². The lowest BCUT2D eigenvalue weighted by Crippen LogP contribution is -2.48. The molecule has 4 fully saturated rings. The minimum atomic E-state index is -0.960. The second-order valence-corrected chi connectivity index (χ2v) is 14.2. The molecule has 2 amide bonds. The third kappa shape index (κ3) is 6.91. The zero-order chi connectivity index (χ0) is 31.0. The van der Waals surface area contributed by atoms with Crippen molar-refractivity contribution in [3.63, 3.8) is 0 Å². The first kappa shape index (κ1) is 32.4. The van der Waals surface area contributed by atoms with Gasteiger partial charge >= 0.3 is 0 Å². The second kappa shape index (κ2) is 13.3. The molecular formula is C36H47ClN6O3. The van der Waals surface area contributed by atoms with Crippen LogP contribution in [0.2, 0.25) is 0 Å². The molecule has 1 spiro atoms. The molecule has 2 aromatic carbocycles. The number of nitrogens with zero attached hydrogens (tertiary/aromatic N) is 4. The van der Waals surface area contributed by atoms with E-state index in [0.29, 0.717) is 24.9 Å². The van der Waals surface area contributed by atoms with Crippen molar-refractivity contribution in [2.45, 2.75) is 70.6 Å². The number of piperidine rings is 1. The Labute approximate surface area is 278 Å². The molecule has 246 valence electrons. The Hall–Kier alpha value is -3.56. The van der Waals surface area contributed by atoms with Crippen LogP contribution in [0.25, 0.3) is 11.1 Å². The van der Waals surface area contributed by atoms with Crippen LogP contribution in [-0.4, -0.2) is 82.7 Å². The van der Waals surface area contributed by atoms with Gasteiger partial charge in [-0.2, -0.15) is 5.10 Å². The smallest absolute Gasteiger partial charge is 0.266 e. The van der Waals surface area contributed by atoms with Gasteiger partial charge in [0.15, 0.2) is 5.60 Å². The summed E-state index contributed by atoms with van der Waals surface area (Å²) in [5, 5.41) is 10.4. The Kier molecular flexibility index (Phi) is 9.35. The van der Waals surface area contributed by atoms with Crippen LogP contribution in [0.4, 0.5) is 5.69 Å². The van der Waals surface area contributed by atoms with Crippen molar-refractivity contribution in [2.24, 2.45) is 11.3 Å². The van der Waals surface area contributed by atoms with Crippen molar-refractivity contribution in [1.82, 2.24) is 25.3 Å². The number of hydrogen-bond donors (Lipinski definition) is 2. The minimum absolute atomic E-state index is 0. The largest absolute Gasteiger partial charge is 0.478 e. The number of carbonyl (C=O) groups is 2. The fourth-order valence-corrected chi connectivity index (χ4v) is 7.54. The van der Waals surface area contributed by atoms with E-state index in [1.807, 2.05) is 49.3 Å². The fraction of sp³-hybridized carbons (Fsp3) is 0.528. The number of likely N-dealkylation sites (tertiary alicyclic amines) is 1. The summed E-state index contributed by atoms with van der Waals surface area (Å²) >= 11 is 0. The van der Waals surface area contributed by atoms with E-state index >= 15 is 0 Å². The molecule has 7 rings (SSSR count). The van der Waals surface area contributed by atoms with Crippen molar-refractivity contribution in [3.8, 4) is 16.9 Å². The third-order valence-electron chi connectivity index (χ3n) is 10.3. The number of carbonyl (C=O) groups excluding carboxylic acids is 2. The lowest BCUT2D eigenvalue weighted by molar-refractivity contribution is -0.144. The van der Waals surface area contributed by atoms with Crippen molar-refractivity contribution in [3.05, 3.63) is 66.5 Å². The van der Waals surface area contributed by atoms with Crippen LogP contribution in [0.15, 0.2) is 60.9 Å². The monoisotopic (exact) mass is 646 g/mol. The lowest BCUT2D eigenvalue weighted by Gasteiger charge is -2.37. The van der Waals surface area contributed by atoms with Gasteiger partial charge in [0, 0.05) is 74.2 Å². The van der Waals surface area contributed by atoms with Gasteiger partial charge < -0.3 is 24.8 Å². The number of benzene rings is 2. The van der Waals surface area contributed by atoms with Crippen LogP contribution < -0.4 is 15.0 Å². The predicted octanol–water partition coefficient (Wildman–Crippen LogP) is 5.28. The number of rotatable bonds is 9. The first-order valence-corrected chi connectivity index (χ1v) is 16.7. The maximum Gasteiger partial charge on any atom is 0.266 e. The zero-order valence-electron chi connectivity index (χ0n) is 27.0. The molecule has 1 unspecified atom stereocenters. The number of anilines is 1. The van der Waals surface area contributed by atoms with Gasteiger partial charge in [0.2, 0.25) is 5.91 Å². The van der Waals surface area contributed by atoms with Crippen molar-refractivity contribution in [2.75, 3.05) is 44.2 Å². The van der Waals surface area contributed by atoms with Crippen molar-refractivity contribution >= 4 is 29.9 Å². The molecule has 3 aromatic rings. The van der Waals surface area contributed by atoms with Gasteiger partial charge in [-0.1, -0.05) is 30.3 Å². The van der Waals surface area contributed by atoms with Crippen molar-refractivity contribution < 1.29 is 14.3 Å². The van der Waals surface area contributed by atoms with Gasteiger partial charge in [-0.3, -0.25) is 14.7 Å². The summed E-state index contributed by atoms with van der Waals surface area (Å²) in [6.07, 6.45) is 9.95. The van der Waals surface area contributed by atoms with E-state index in [1.165, 1.54) is 0 Å². The summed E-state index contributed by atoms with van der Waals surface area (Å²) < 4.78 is 6.40. The number of aromatic amines is 1. The predicted molar refractivity (Wildman–Crippen MR) is 182 cm³/mol. The fourth-order valence-electron chi connectivity index (χ4n) is 7.54. The molecular weight excluding hydrogens is 600 g/mol. The molecule has 2 N–H and O–H groups in total. The van der Waals surface area contributed by atoms with E-state index in [4.69, 9.17) is 4.74 Å². The lowest BCUT2D eigenvalue weighted by atomic mass is 9.86. The number of nitrogens with one attached hydrogen (secondary N) is 2. The number of H-pyrrole nitrogens is 1. The quantitative estimate of drug-likeness (QED) is 0.329. The Morgan fingerprint density at radius 3 is 2.61 bits per heavy atom. The topological polar surface area (TPSA) is 93.8 Å². The third-order valence-corrected chi connectivity index (χ3v) is 10.3. The van der Waals surface area contributed by atoms with Gasteiger partial charge in [-0.15, -0.1) is 12.4 Å². The molecule has 46 heavy (non-hydrogen) atoms. The average molecular weight is 647 g/mol. The van der Waals surface area contributed by atoms with E-state index in [9.17, 15) is 9.59 Å². The Bertz CT molecular complexity index is 1500. The highest BCUT2D eigenvalue weighted by Gasteiger charge is 2.45. The highest BCUT2D eigenvalue weighted by Crippen LogP contribution is 2.38. The summed E-state index contributed by atoms with van der Waals surface area (Å²) in [6.45, 7) is 9.64. The maximum absolute atomic E-state index is 14.0. The molecule has 3 saturated heterocycles. The normalized spacial score (nSPS) is 23.0. The standard InChI is InChI=1S/C36H46N6O3.ClH/c1-35(2,34(44)41-18-15-36(25-41)14-16-37-24-36)45-32-7-3-6-31(19-32)40-17-4-5-28(23-40)33(43)42(30-12-13-30)22-26-8-10-27(11-9-26)29-20-38-39-21-29;/h3,6-11,19-21,28,30,37H,4-5,12-18,22-25H2,1-2H3,(H,38,39);1H/t28-,36?;/m1./s1. The Morgan fingerprint density at radius 2 is 1.89 bits per heavy atom. The molecule has 4 heterocycles. The van der Waals surface area contributed by atoms with Crippen LogP contribution in [0.3, 0.4) is 0 Å². The van der Waals surface area contributed by atoms with Crippen LogP contribution in [0.1, 0.15) is 57.9 Å². The van der Waals surface area contributed by atoms with E-state index in [1.54, 1.807) is 0 Å². The molecule has 2 atom stereocenters. The summed E-state index contributed by atoms with van der Waals surface area (Å²) in [5.41, 5.74) is 3.64. The second-order valence-electron chi connectivity index (χ2n) is 14.2. The molecule has 3 aliphatic heterocycles. The molecule has 1 aromatic heterocycles. The van der Waals surface area contributed by atoms with Crippen LogP contribution in [-0.2, 0) is 16.1 Å².